The largest absolute Gasteiger partial charge is 0.488 e. The van der Waals surface area contributed by atoms with Crippen molar-refractivity contribution in [1.29, 1.82) is 0 Å². The molecule has 1 aromatic carbocycles. The molecule has 0 amide bonds. The fraction of sp³-hybridized carbons (Fsp3) is 0.600. The Morgan fingerprint density at radius 2 is 2.11 bits per heavy atom. The lowest BCUT2D eigenvalue weighted by Gasteiger charge is -2.30. The molecule has 1 fully saturated rings. The Kier molecular flexibility index (Phi) is 3.62. The van der Waals surface area contributed by atoms with Gasteiger partial charge in [0.15, 0.2) is 0 Å². The minimum atomic E-state index is -0.242. The number of likely N-dealkylation sites (N-methyl/N-ethyl adjacent to an activating group) is 1. The number of ether oxygens (including phenoxy) is 1. The van der Waals surface area contributed by atoms with Crippen molar-refractivity contribution in [3.8, 4) is 5.75 Å². The summed E-state index contributed by atoms with van der Waals surface area (Å²) >= 11 is 0. The van der Waals surface area contributed by atoms with Crippen molar-refractivity contribution >= 4 is 0 Å². The van der Waals surface area contributed by atoms with Crippen LogP contribution in [0.4, 0.5) is 4.39 Å². The van der Waals surface area contributed by atoms with E-state index in [2.05, 4.69) is 19.2 Å². The summed E-state index contributed by atoms with van der Waals surface area (Å²) in [6.07, 6.45) is 2.25. The Morgan fingerprint density at radius 3 is 2.78 bits per heavy atom. The molecule has 0 saturated heterocycles. The van der Waals surface area contributed by atoms with Crippen molar-refractivity contribution in [1.82, 2.24) is 5.32 Å². The van der Waals surface area contributed by atoms with E-state index in [9.17, 15) is 4.39 Å². The molecule has 0 aliphatic heterocycles. The van der Waals surface area contributed by atoms with Gasteiger partial charge in [-0.3, -0.25) is 0 Å². The molecule has 2 nitrogen and oxygen atoms in total. The monoisotopic (exact) mass is 251 g/mol. The number of hydrogen-bond donors (Lipinski definition) is 1. The second kappa shape index (κ2) is 4.88. The minimum absolute atomic E-state index is 0.116. The molecule has 18 heavy (non-hydrogen) atoms. The number of nitrogens with one attached hydrogen (secondary N) is 1. The highest BCUT2D eigenvalue weighted by Crippen LogP contribution is 2.39. The van der Waals surface area contributed by atoms with Gasteiger partial charge < -0.3 is 10.1 Å². The summed E-state index contributed by atoms with van der Waals surface area (Å²) in [5.41, 5.74) is 1.21. The average Bonchev–Trinajstić information content (AvgIpc) is 2.58. The Hall–Kier alpha value is -1.09. The predicted molar refractivity (Wildman–Crippen MR) is 71.4 cm³/mol. The molecule has 0 spiro atoms. The van der Waals surface area contributed by atoms with E-state index >= 15 is 0 Å². The third kappa shape index (κ3) is 2.51. The topological polar surface area (TPSA) is 21.3 Å². The zero-order chi connectivity index (χ0) is 13.3. The Morgan fingerprint density at radius 1 is 1.39 bits per heavy atom. The molecule has 1 saturated carbocycles. The second-order valence-corrected chi connectivity index (χ2v) is 5.86. The van der Waals surface area contributed by atoms with Crippen molar-refractivity contribution < 1.29 is 9.13 Å². The lowest BCUT2D eigenvalue weighted by atomic mass is 9.87. The van der Waals surface area contributed by atoms with Crippen molar-refractivity contribution in [2.45, 2.75) is 45.8 Å². The molecule has 3 heteroatoms. The maximum Gasteiger partial charge on any atom is 0.126 e. The smallest absolute Gasteiger partial charge is 0.126 e. The summed E-state index contributed by atoms with van der Waals surface area (Å²) in [5, 5.41) is 3.34. The van der Waals surface area contributed by atoms with E-state index < -0.39 is 0 Å². The SMILES string of the molecule is CNC1C(Oc2cc(F)ccc2C)CCC1(C)C. The fourth-order valence-electron chi connectivity index (χ4n) is 2.91. The Balaban J connectivity index is 2.17. The molecule has 0 bridgehead atoms. The normalized spacial score (nSPS) is 26.3. The van der Waals surface area contributed by atoms with Gasteiger partial charge >= 0.3 is 0 Å². The number of halogens is 1. The molecule has 0 heterocycles. The van der Waals surface area contributed by atoms with Crippen LogP contribution in [0.25, 0.3) is 0 Å². The molecule has 1 aliphatic carbocycles. The van der Waals surface area contributed by atoms with Crippen LogP contribution in [0.3, 0.4) is 0 Å². The molecule has 0 radical (unpaired) electrons. The van der Waals surface area contributed by atoms with E-state index in [4.69, 9.17) is 4.74 Å². The summed E-state index contributed by atoms with van der Waals surface area (Å²) in [6, 6.07) is 5.02. The molecular weight excluding hydrogens is 229 g/mol. The maximum atomic E-state index is 13.3. The van der Waals surface area contributed by atoms with Gasteiger partial charge in [0.2, 0.25) is 0 Å². The van der Waals surface area contributed by atoms with Crippen LogP contribution in [0.2, 0.25) is 0 Å². The summed E-state index contributed by atoms with van der Waals surface area (Å²) in [7, 11) is 1.96. The van der Waals surface area contributed by atoms with Gasteiger partial charge in [-0.15, -0.1) is 0 Å². The van der Waals surface area contributed by atoms with Crippen LogP contribution in [-0.2, 0) is 0 Å². The first kappa shape index (κ1) is 13.3. The average molecular weight is 251 g/mol. The summed E-state index contributed by atoms with van der Waals surface area (Å²) in [5.74, 6) is 0.423. The minimum Gasteiger partial charge on any atom is -0.488 e. The first-order valence-corrected chi connectivity index (χ1v) is 6.54. The van der Waals surface area contributed by atoms with Gasteiger partial charge in [-0.1, -0.05) is 19.9 Å². The lowest BCUT2D eigenvalue weighted by Crippen LogP contribution is -2.44. The molecule has 100 valence electrons. The first-order chi connectivity index (χ1) is 8.44. The molecule has 0 aromatic heterocycles. The van der Waals surface area contributed by atoms with Gasteiger partial charge in [0.05, 0.1) is 0 Å². The van der Waals surface area contributed by atoms with Gasteiger partial charge in [-0.2, -0.15) is 0 Å². The third-order valence-corrected chi connectivity index (χ3v) is 4.03. The lowest BCUT2D eigenvalue weighted by molar-refractivity contribution is 0.144. The molecule has 1 aromatic rings. The summed E-state index contributed by atoms with van der Waals surface area (Å²) in [6.45, 7) is 6.44. The summed E-state index contributed by atoms with van der Waals surface area (Å²) < 4.78 is 19.3. The first-order valence-electron chi connectivity index (χ1n) is 6.54. The second-order valence-electron chi connectivity index (χ2n) is 5.86. The highest BCUT2D eigenvalue weighted by Gasteiger charge is 2.42. The molecule has 2 atom stereocenters. The van der Waals surface area contributed by atoms with Crippen LogP contribution in [0, 0.1) is 18.2 Å². The standard InChI is InChI=1S/C15H22FNO/c1-10-5-6-11(16)9-13(10)18-12-7-8-15(2,3)14(12)17-4/h5-6,9,12,14,17H,7-8H2,1-4H3. The van der Waals surface area contributed by atoms with Crippen LogP contribution >= 0.6 is 0 Å². The van der Waals surface area contributed by atoms with Crippen LogP contribution in [-0.4, -0.2) is 19.2 Å². The highest BCUT2D eigenvalue weighted by atomic mass is 19.1. The number of rotatable bonds is 3. The van der Waals surface area contributed by atoms with Crippen molar-refractivity contribution in [2.24, 2.45) is 5.41 Å². The van der Waals surface area contributed by atoms with Crippen LogP contribution in [0.5, 0.6) is 5.75 Å². The zero-order valence-corrected chi connectivity index (χ0v) is 11.6. The van der Waals surface area contributed by atoms with Gasteiger partial charge in [0.25, 0.3) is 0 Å². The van der Waals surface area contributed by atoms with E-state index in [1.807, 2.05) is 14.0 Å². The van der Waals surface area contributed by atoms with Gasteiger partial charge in [0.1, 0.15) is 17.7 Å². The number of aryl methyl sites for hydroxylation is 1. The predicted octanol–water partition coefficient (Wildman–Crippen LogP) is 3.29. The molecule has 2 rings (SSSR count). The maximum absolute atomic E-state index is 13.3. The fourth-order valence-corrected chi connectivity index (χ4v) is 2.91. The van der Waals surface area contributed by atoms with Crippen LogP contribution in [0.15, 0.2) is 18.2 Å². The van der Waals surface area contributed by atoms with E-state index in [0.29, 0.717) is 11.8 Å². The van der Waals surface area contributed by atoms with Crippen molar-refractivity contribution in [2.75, 3.05) is 7.05 Å². The van der Waals surface area contributed by atoms with Gasteiger partial charge in [0, 0.05) is 12.1 Å². The number of benzene rings is 1. The Labute approximate surface area is 109 Å². The van der Waals surface area contributed by atoms with Crippen molar-refractivity contribution in [3.05, 3.63) is 29.6 Å². The number of hydrogen-bond acceptors (Lipinski definition) is 2. The quantitative estimate of drug-likeness (QED) is 0.890. The van der Waals surface area contributed by atoms with E-state index in [1.165, 1.54) is 12.1 Å². The molecule has 1 aliphatic rings. The molecule has 1 N–H and O–H groups in total. The van der Waals surface area contributed by atoms with Crippen LogP contribution < -0.4 is 10.1 Å². The molecular formula is C15H22FNO. The van der Waals surface area contributed by atoms with E-state index in [-0.39, 0.29) is 17.3 Å². The molecule has 2 unspecified atom stereocenters. The highest BCUT2D eigenvalue weighted by molar-refractivity contribution is 5.33. The van der Waals surface area contributed by atoms with Crippen LogP contribution in [0.1, 0.15) is 32.3 Å². The Bertz CT molecular complexity index is 431. The summed E-state index contributed by atoms with van der Waals surface area (Å²) in [4.78, 5) is 0. The van der Waals surface area contributed by atoms with E-state index in [1.54, 1.807) is 6.07 Å². The zero-order valence-electron chi connectivity index (χ0n) is 11.6. The van der Waals surface area contributed by atoms with Crippen molar-refractivity contribution in [3.63, 3.8) is 0 Å². The van der Waals surface area contributed by atoms with Gasteiger partial charge in [-0.25, -0.2) is 4.39 Å². The third-order valence-electron chi connectivity index (χ3n) is 4.03. The van der Waals surface area contributed by atoms with Gasteiger partial charge in [-0.05, 0) is 43.9 Å². The van der Waals surface area contributed by atoms with E-state index in [0.717, 1.165) is 18.4 Å².